The Morgan fingerprint density at radius 1 is 1.80 bits per heavy atom. The molecule has 2 N–H and O–H groups in total. The second-order valence-corrected chi connectivity index (χ2v) is 3.02. The molecule has 3 nitrogen and oxygen atoms in total. The quantitative estimate of drug-likeness (QED) is 0.595. The van der Waals surface area contributed by atoms with E-state index in [-0.39, 0.29) is 11.9 Å². The molecule has 1 atom stereocenters. The molecule has 0 aromatic rings. The Kier molecular flexibility index (Phi) is 2.27. The number of rotatable bonds is 3. The summed E-state index contributed by atoms with van der Waals surface area (Å²) in [6.07, 6.45) is 3.47. The molecule has 1 rings (SSSR count). The van der Waals surface area contributed by atoms with Gasteiger partial charge >= 0.3 is 5.97 Å². The molecule has 1 aliphatic rings. The van der Waals surface area contributed by atoms with Gasteiger partial charge in [0, 0.05) is 0 Å². The van der Waals surface area contributed by atoms with E-state index >= 15 is 0 Å². The zero-order valence-corrected chi connectivity index (χ0v) is 6.17. The maximum Gasteiger partial charge on any atom is 0.327 e. The first-order valence-corrected chi connectivity index (χ1v) is 3.64. The van der Waals surface area contributed by atoms with Crippen LogP contribution in [-0.4, -0.2) is 5.97 Å². The van der Waals surface area contributed by atoms with Crippen LogP contribution < -0.4 is 5.90 Å². The molecular weight excluding hydrogens is 130 g/mol. The molecule has 0 aliphatic heterocycles. The second kappa shape index (κ2) is 3.01. The summed E-state index contributed by atoms with van der Waals surface area (Å²) in [6.45, 7) is 1.85. The maximum atomic E-state index is 10.7. The molecule has 0 aromatic heterocycles. The third-order valence-corrected chi connectivity index (χ3v) is 1.90. The monoisotopic (exact) mass is 143 g/mol. The molecule has 1 unspecified atom stereocenters. The van der Waals surface area contributed by atoms with Crippen molar-refractivity contribution in [2.45, 2.75) is 26.2 Å². The smallest absolute Gasteiger partial charge is 0.327 e. The van der Waals surface area contributed by atoms with Crippen molar-refractivity contribution in [2.75, 3.05) is 0 Å². The van der Waals surface area contributed by atoms with Crippen molar-refractivity contribution < 1.29 is 9.63 Å². The largest absolute Gasteiger partial charge is 0.373 e. The van der Waals surface area contributed by atoms with Crippen molar-refractivity contribution in [3.63, 3.8) is 0 Å². The summed E-state index contributed by atoms with van der Waals surface area (Å²) >= 11 is 0. The lowest BCUT2D eigenvalue weighted by Crippen LogP contribution is -2.18. The van der Waals surface area contributed by atoms with Gasteiger partial charge < -0.3 is 4.84 Å². The highest BCUT2D eigenvalue weighted by molar-refractivity contribution is 5.71. The van der Waals surface area contributed by atoms with Crippen LogP contribution in [0.25, 0.3) is 0 Å². The molecule has 1 saturated carbocycles. The van der Waals surface area contributed by atoms with Gasteiger partial charge in [0.25, 0.3) is 0 Å². The van der Waals surface area contributed by atoms with Crippen LogP contribution in [0, 0.1) is 11.8 Å². The SMILES string of the molecule is CC(CC1CC1)C(=O)ON. The minimum atomic E-state index is -0.285. The van der Waals surface area contributed by atoms with Gasteiger partial charge in [0.2, 0.25) is 0 Å². The Morgan fingerprint density at radius 3 is 2.80 bits per heavy atom. The van der Waals surface area contributed by atoms with Gasteiger partial charge in [-0.1, -0.05) is 19.8 Å². The molecule has 10 heavy (non-hydrogen) atoms. The summed E-state index contributed by atoms with van der Waals surface area (Å²) in [5.74, 6) is 5.18. The van der Waals surface area contributed by atoms with Gasteiger partial charge in [0.1, 0.15) is 0 Å². The average Bonchev–Trinajstić information content (AvgIpc) is 2.70. The normalized spacial score (nSPS) is 20.2. The fourth-order valence-electron chi connectivity index (χ4n) is 1.07. The lowest BCUT2D eigenvalue weighted by atomic mass is 10.1. The lowest BCUT2D eigenvalue weighted by Gasteiger charge is -2.05. The van der Waals surface area contributed by atoms with Crippen LogP contribution in [0.2, 0.25) is 0 Å². The highest BCUT2D eigenvalue weighted by Crippen LogP contribution is 2.35. The summed E-state index contributed by atoms with van der Waals surface area (Å²) in [7, 11) is 0. The van der Waals surface area contributed by atoms with E-state index < -0.39 is 0 Å². The van der Waals surface area contributed by atoms with Gasteiger partial charge in [-0.25, -0.2) is 0 Å². The highest BCUT2D eigenvalue weighted by Gasteiger charge is 2.26. The third-order valence-electron chi connectivity index (χ3n) is 1.90. The van der Waals surface area contributed by atoms with Gasteiger partial charge in [-0.3, -0.25) is 4.79 Å². The van der Waals surface area contributed by atoms with Crippen molar-refractivity contribution in [3.05, 3.63) is 0 Å². The zero-order valence-electron chi connectivity index (χ0n) is 6.17. The van der Waals surface area contributed by atoms with Crippen LogP contribution in [0.3, 0.4) is 0 Å². The van der Waals surface area contributed by atoms with Gasteiger partial charge in [0.15, 0.2) is 0 Å². The van der Waals surface area contributed by atoms with Crippen LogP contribution in [-0.2, 0) is 9.63 Å². The minimum Gasteiger partial charge on any atom is -0.373 e. The predicted molar refractivity (Wildman–Crippen MR) is 36.8 cm³/mol. The third kappa shape index (κ3) is 1.99. The number of carbonyl (C=O) groups excluding carboxylic acids is 1. The average molecular weight is 143 g/mol. The molecule has 58 valence electrons. The topological polar surface area (TPSA) is 52.3 Å². The maximum absolute atomic E-state index is 10.7. The molecule has 1 aliphatic carbocycles. The predicted octanol–water partition coefficient (Wildman–Crippen LogP) is 0.840. The van der Waals surface area contributed by atoms with Crippen LogP contribution in [0.4, 0.5) is 0 Å². The van der Waals surface area contributed by atoms with Crippen molar-refractivity contribution in [3.8, 4) is 0 Å². The Bertz CT molecular complexity index is 132. The molecule has 0 heterocycles. The van der Waals surface area contributed by atoms with Gasteiger partial charge in [0.05, 0.1) is 5.92 Å². The molecule has 0 spiro atoms. The van der Waals surface area contributed by atoms with E-state index in [1.54, 1.807) is 0 Å². The van der Waals surface area contributed by atoms with Gasteiger partial charge in [-0.2, -0.15) is 5.90 Å². The van der Waals surface area contributed by atoms with Crippen molar-refractivity contribution in [1.82, 2.24) is 0 Å². The molecule has 0 aromatic carbocycles. The van der Waals surface area contributed by atoms with Crippen LogP contribution in [0.15, 0.2) is 0 Å². The van der Waals surface area contributed by atoms with Crippen molar-refractivity contribution in [1.29, 1.82) is 0 Å². The molecule has 0 radical (unpaired) electrons. The molecule has 1 fully saturated rings. The first-order valence-electron chi connectivity index (χ1n) is 3.64. The summed E-state index contributed by atoms with van der Waals surface area (Å²) < 4.78 is 0. The van der Waals surface area contributed by atoms with Crippen LogP contribution in [0.5, 0.6) is 0 Å². The Balaban J connectivity index is 2.18. The van der Waals surface area contributed by atoms with Crippen LogP contribution in [0.1, 0.15) is 26.2 Å². The summed E-state index contributed by atoms with van der Waals surface area (Å²) in [5.41, 5.74) is 0. The number of nitrogens with two attached hydrogens (primary N) is 1. The number of carbonyl (C=O) groups is 1. The first kappa shape index (κ1) is 7.54. The number of hydrogen-bond donors (Lipinski definition) is 1. The molecule has 0 bridgehead atoms. The van der Waals surface area contributed by atoms with E-state index in [0.717, 1.165) is 12.3 Å². The van der Waals surface area contributed by atoms with E-state index in [1.165, 1.54) is 12.8 Å². The Hall–Kier alpha value is -0.570. The van der Waals surface area contributed by atoms with Gasteiger partial charge in [-0.15, -0.1) is 0 Å². The minimum absolute atomic E-state index is 0.0162. The van der Waals surface area contributed by atoms with Crippen molar-refractivity contribution in [2.24, 2.45) is 17.7 Å². The highest BCUT2D eigenvalue weighted by atomic mass is 16.7. The van der Waals surface area contributed by atoms with Crippen molar-refractivity contribution >= 4 is 5.97 Å². The Labute approximate surface area is 60.5 Å². The van der Waals surface area contributed by atoms with E-state index in [9.17, 15) is 4.79 Å². The number of hydrogen-bond acceptors (Lipinski definition) is 3. The van der Waals surface area contributed by atoms with E-state index in [0.29, 0.717) is 0 Å². The van der Waals surface area contributed by atoms with E-state index in [4.69, 9.17) is 5.90 Å². The molecule has 0 amide bonds. The van der Waals surface area contributed by atoms with E-state index in [2.05, 4.69) is 4.84 Å². The molecule has 3 heteroatoms. The fraction of sp³-hybridized carbons (Fsp3) is 0.857. The van der Waals surface area contributed by atoms with Crippen LogP contribution >= 0.6 is 0 Å². The summed E-state index contributed by atoms with van der Waals surface area (Å²) in [5, 5.41) is 0. The standard InChI is InChI=1S/C7H13NO2/c1-5(7(9)10-8)4-6-2-3-6/h5-6H,2-4,8H2,1H3. The summed E-state index contributed by atoms with van der Waals surface area (Å²) in [4.78, 5) is 14.8. The first-order chi connectivity index (χ1) is 4.74. The lowest BCUT2D eigenvalue weighted by molar-refractivity contribution is -0.148. The fourth-order valence-corrected chi connectivity index (χ4v) is 1.07. The second-order valence-electron chi connectivity index (χ2n) is 3.02. The molecule has 0 saturated heterocycles. The van der Waals surface area contributed by atoms with E-state index in [1.807, 2.05) is 6.92 Å². The Morgan fingerprint density at radius 2 is 2.40 bits per heavy atom. The molecular formula is C7H13NO2. The summed E-state index contributed by atoms with van der Waals surface area (Å²) in [6, 6.07) is 0. The van der Waals surface area contributed by atoms with Gasteiger partial charge in [-0.05, 0) is 12.3 Å². The zero-order chi connectivity index (χ0) is 7.56.